The van der Waals surface area contributed by atoms with E-state index in [4.69, 9.17) is 0 Å². The molecule has 2 heterocycles. The molecule has 1 fully saturated rings. The first kappa shape index (κ1) is 22.7. The molecule has 3 aromatic rings. The largest absolute Gasteiger partial charge is 0.311 e. The van der Waals surface area contributed by atoms with Crippen LogP contribution in [0.3, 0.4) is 0 Å². The van der Waals surface area contributed by atoms with E-state index in [1.165, 1.54) is 28.8 Å². The van der Waals surface area contributed by atoms with E-state index in [-0.39, 0.29) is 11.3 Å². The maximum atomic E-state index is 13.6. The van der Waals surface area contributed by atoms with Gasteiger partial charge in [-0.25, -0.2) is 8.78 Å². The lowest BCUT2D eigenvalue weighted by atomic mass is 9.74. The number of piperidine rings is 1. The molecule has 34 heavy (non-hydrogen) atoms. The van der Waals surface area contributed by atoms with Gasteiger partial charge in [0.25, 0.3) is 0 Å². The Hall–Kier alpha value is -3.05. The number of aryl methyl sites for hydroxylation is 2. The van der Waals surface area contributed by atoms with E-state index in [2.05, 4.69) is 42.2 Å². The molecule has 3 nitrogen and oxygen atoms in total. The topological polar surface area (TPSA) is 23.6 Å². The van der Waals surface area contributed by atoms with Crippen LogP contribution < -0.4 is 4.90 Å². The number of fused-ring (bicyclic) bond motifs is 2. The summed E-state index contributed by atoms with van der Waals surface area (Å²) < 4.78 is 27.2. The first-order valence-corrected chi connectivity index (χ1v) is 12.0. The van der Waals surface area contributed by atoms with E-state index in [0.717, 1.165) is 44.1 Å². The van der Waals surface area contributed by atoms with Gasteiger partial charge in [0.1, 0.15) is 11.6 Å². The summed E-state index contributed by atoms with van der Waals surface area (Å²) in [5.74, 6) is -0.898. The molecule has 2 aliphatic rings. The van der Waals surface area contributed by atoms with Gasteiger partial charge in [-0.1, -0.05) is 48.0 Å². The van der Waals surface area contributed by atoms with E-state index in [0.29, 0.717) is 25.1 Å². The van der Waals surface area contributed by atoms with Crippen molar-refractivity contribution < 1.29 is 13.6 Å². The van der Waals surface area contributed by atoms with E-state index in [1.807, 2.05) is 23.1 Å². The van der Waals surface area contributed by atoms with E-state index < -0.39 is 11.6 Å². The lowest BCUT2D eigenvalue weighted by Crippen LogP contribution is -2.45. The Morgan fingerprint density at radius 3 is 2.32 bits per heavy atom. The summed E-state index contributed by atoms with van der Waals surface area (Å²) >= 11 is 0. The number of hydrogen-bond acceptors (Lipinski definition) is 2. The Morgan fingerprint density at radius 2 is 1.62 bits per heavy atom. The minimum Gasteiger partial charge on any atom is -0.311 e. The second kappa shape index (κ2) is 9.30. The molecule has 0 bridgehead atoms. The number of carbonyl (C=O) groups excluding carboxylic acids is 1. The van der Waals surface area contributed by atoms with Gasteiger partial charge in [0.2, 0.25) is 5.91 Å². The van der Waals surface area contributed by atoms with Crippen LogP contribution in [0.5, 0.6) is 0 Å². The molecule has 1 spiro atoms. The van der Waals surface area contributed by atoms with Crippen LogP contribution in [0.2, 0.25) is 0 Å². The number of nitrogens with zero attached hydrogens (tertiary/aromatic N) is 2. The fraction of sp³-hybridized carbons (Fsp3) is 0.345. The molecule has 1 amide bonds. The predicted molar refractivity (Wildman–Crippen MR) is 131 cm³/mol. The molecule has 1 saturated heterocycles. The Balaban J connectivity index is 1.30. The quantitative estimate of drug-likeness (QED) is 0.481. The highest BCUT2D eigenvalue weighted by atomic mass is 19.1. The summed E-state index contributed by atoms with van der Waals surface area (Å²) in [5, 5.41) is 0. The van der Waals surface area contributed by atoms with Crippen LogP contribution in [0.4, 0.5) is 14.5 Å². The fourth-order valence-corrected chi connectivity index (χ4v) is 5.56. The highest BCUT2D eigenvalue weighted by molar-refractivity contribution is 5.96. The SMILES string of the molecule is Cc1ccc2c(c1)C1(CCN(Cc3cc(F)cc(F)c3)CC1)CN2C(=O)CCc1ccccc1. The van der Waals surface area contributed by atoms with Crippen molar-refractivity contribution in [3.63, 3.8) is 0 Å². The Kier molecular flexibility index (Phi) is 6.22. The molecule has 0 aromatic heterocycles. The standard InChI is InChI=1S/C29H30F2N2O/c1-21-7-9-27-26(15-21)29(20-33(27)28(34)10-8-22-5-3-2-4-6-22)11-13-32(14-12-29)19-23-16-24(30)18-25(31)17-23/h2-7,9,15-18H,8,10-14,19-20H2,1H3. The molecule has 0 atom stereocenters. The van der Waals surface area contributed by atoms with Gasteiger partial charge in [0.05, 0.1) is 0 Å². The second-order valence-electron chi connectivity index (χ2n) is 9.82. The Labute approximate surface area is 200 Å². The van der Waals surface area contributed by atoms with Crippen molar-refractivity contribution in [1.82, 2.24) is 4.90 Å². The highest BCUT2D eigenvalue weighted by Gasteiger charge is 2.46. The number of anilines is 1. The molecular weight excluding hydrogens is 430 g/mol. The van der Waals surface area contributed by atoms with Crippen molar-refractivity contribution in [2.75, 3.05) is 24.5 Å². The maximum Gasteiger partial charge on any atom is 0.227 e. The first-order valence-electron chi connectivity index (χ1n) is 12.0. The molecule has 0 saturated carbocycles. The van der Waals surface area contributed by atoms with Crippen LogP contribution in [0.15, 0.2) is 66.7 Å². The monoisotopic (exact) mass is 460 g/mol. The zero-order valence-electron chi connectivity index (χ0n) is 19.6. The lowest BCUT2D eigenvalue weighted by Gasteiger charge is -2.40. The number of amides is 1. The molecule has 176 valence electrons. The van der Waals surface area contributed by atoms with Crippen molar-refractivity contribution in [1.29, 1.82) is 0 Å². The minimum absolute atomic E-state index is 0.0621. The Bertz CT molecular complexity index is 1170. The molecule has 5 heteroatoms. The molecule has 0 radical (unpaired) electrons. The summed E-state index contributed by atoms with van der Waals surface area (Å²) in [6, 6.07) is 20.3. The van der Waals surface area contributed by atoms with Crippen LogP contribution in [0, 0.1) is 18.6 Å². The van der Waals surface area contributed by atoms with Crippen LogP contribution >= 0.6 is 0 Å². The fourth-order valence-electron chi connectivity index (χ4n) is 5.56. The minimum atomic E-state index is -0.534. The average Bonchev–Trinajstić information content (AvgIpc) is 3.12. The van der Waals surface area contributed by atoms with Gasteiger partial charge in [-0.15, -0.1) is 0 Å². The average molecular weight is 461 g/mol. The summed E-state index contributed by atoms with van der Waals surface area (Å²) in [7, 11) is 0. The van der Waals surface area contributed by atoms with E-state index >= 15 is 0 Å². The predicted octanol–water partition coefficient (Wildman–Crippen LogP) is 5.79. The third kappa shape index (κ3) is 4.62. The number of rotatable bonds is 5. The molecule has 3 aromatic carbocycles. The van der Waals surface area contributed by atoms with Gasteiger partial charge in [-0.2, -0.15) is 0 Å². The van der Waals surface area contributed by atoms with Gasteiger partial charge in [-0.3, -0.25) is 9.69 Å². The van der Waals surface area contributed by atoms with Crippen LogP contribution in [-0.4, -0.2) is 30.4 Å². The van der Waals surface area contributed by atoms with Crippen molar-refractivity contribution in [2.45, 2.75) is 44.6 Å². The maximum absolute atomic E-state index is 13.6. The zero-order chi connectivity index (χ0) is 23.7. The molecule has 0 N–H and O–H groups in total. The summed E-state index contributed by atoms with van der Waals surface area (Å²) in [4.78, 5) is 17.6. The number of halogens is 2. The normalized spacial score (nSPS) is 17.2. The molecule has 0 unspecified atom stereocenters. The molecule has 2 aliphatic heterocycles. The van der Waals surface area contributed by atoms with Crippen LogP contribution in [0.1, 0.15) is 41.5 Å². The summed E-state index contributed by atoms with van der Waals surface area (Å²) in [6.45, 7) is 5.00. The molecule has 5 rings (SSSR count). The number of hydrogen-bond donors (Lipinski definition) is 0. The van der Waals surface area contributed by atoms with Crippen LogP contribution in [0.25, 0.3) is 0 Å². The first-order chi connectivity index (χ1) is 16.4. The van der Waals surface area contributed by atoms with Crippen molar-refractivity contribution in [3.05, 3.63) is 101 Å². The summed E-state index contributed by atoms with van der Waals surface area (Å²) in [6.07, 6.45) is 3.07. The van der Waals surface area contributed by atoms with Crippen molar-refractivity contribution >= 4 is 11.6 Å². The second-order valence-corrected chi connectivity index (χ2v) is 9.82. The third-order valence-corrected chi connectivity index (χ3v) is 7.39. The van der Waals surface area contributed by atoms with Crippen molar-refractivity contribution in [3.8, 4) is 0 Å². The number of carbonyl (C=O) groups is 1. The third-order valence-electron chi connectivity index (χ3n) is 7.39. The smallest absolute Gasteiger partial charge is 0.227 e. The summed E-state index contributed by atoms with van der Waals surface area (Å²) in [5.41, 5.74) is 5.30. The lowest BCUT2D eigenvalue weighted by molar-refractivity contribution is -0.118. The zero-order valence-corrected chi connectivity index (χ0v) is 19.6. The van der Waals surface area contributed by atoms with Gasteiger partial charge in [0, 0.05) is 36.7 Å². The van der Waals surface area contributed by atoms with Gasteiger partial charge >= 0.3 is 0 Å². The van der Waals surface area contributed by atoms with Crippen LogP contribution in [-0.2, 0) is 23.2 Å². The van der Waals surface area contributed by atoms with E-state index in [9.17, 15) is 13.6 Å². The Morgan fingerprint density at radius 1 is 0.912 bits per heavy atom. The van der Waals surface area contributed by atoms with Gasteiger partial charge in [-0.05, 0) is 74.2 Å². The number of likely N-dealkylation sites (tertiary alicyclic amines) is 1. The number of benzene rings is 3. The van der Waals surface area contributed by atoms with Gasteiger partial charge < -0.3 is 4.90 Å². The van der Waals surface area contributed by atoms with E-state index in [1.54, 1.807) is 0 Å². The molecular formula is C29H30F2N2O. The van der Waals surface area contributed by atoms with Crippen molar-refractivity contribution in [2.24, 2.45) is 0 Å². The van der Waals surface area contributed by atoms with Gasteiger partial charge in [0.15, 0.2) is 0 Å². The molecule has 0 aliphatic carbocycles. The highest BCUT2D eigenvalue weighted by Crippen LogP contribution is 2.47.